The van der Waals surface area contributed by atoms with Gasteiger partial charge >= 0.3 is 5.63 Å². The first kappa shape index (κ1) is 17.3. The zero-order valence-corrected chi connectivity index (χ0v) is 15.4. The highest BCUT2D eigenvalue weighted by Gasteiger charge is 2.33. The third-order valence-corrected chi connectivity index (χ3v) is 5.40. The van der Waals surface area contributed by atoms with Gasteiger partial charge in [-0.3, -0.25) is 4.79 Å². The van der Waals surface area contributed by atoms with Crippen LogP contribution in [0, 0.1) is 6.92 Å². The van der Waals surface area contributed by atoms with Gasteiger partial charge in [-0.25, -0.2) is 4.79 Å². The average molecular weight is 362 g/mol. The SMILES string of the molecule is Cc1ccc2c(CN3c4ccccc4C(C(N)=O)CC3C)cc(=O)oc2c1. The number of carbonyl (C=O) groups excluding carboxylic acids is 1. The van der Waals surface area contributed by atoms with E-state index in [1.54, 1.807) is 6.07 Å². The molecule has 2 N–H and O–H groups in total. The fraction of sp³-hybridized carbons (Fsp3) is 0.273. The van der Waals surface area contributed by atoms with Crippen molar-refractivity contribution in [3.05, 3.63) is 75.6 Å². The van der Waals surface area contributed by atoms with E-state index in [2.05, 4.69) is 11.8 Å². The molecule has 4 rings (SSSR count). The van der Waals surface area contributed by atoms with Gasteiger partial charge in [0.15, 0.2) is 0 Å². The average Bonchev–Trinajstić information content (AvgIpc) is 2.63. The highest BCUT2D eigenvalue weighted by atomic mass is 16.4. The van der Waals surface area contributed by atoms with Crippen LogP contribution in [-0.4, -0.2) is 11.9 Å². The van der Waals surface area contributed by atoms with E-state index in [-0.39, 0.29) is 23.5 Å². The highest BCUT2D eigenvalue weighted by molar-refractivity contribution is 5.86. The van der Waals surface area contributed by atoms with Crippen LogP contribution in [0.15, 0.2) is 57.7 Å². The Balaban J connectivity index is 1.81. The van der Waals surface area contributed by atoms with E-state index in [4.69, 9.17) is 10.2 Å². The first-order valence-electron chi connectivity index (χ1n) is 9.12. The first-order valence-corrected chi connectivity index (χ1v) is 9.12. The van der Waals surface area contributed by atoms with Crippen molar-refractivity contribution in [3.8, 4) is 0 Å². The molecule has 5 heteroatoms. The molecule has 2 heterocycles. The summed E-state index contributed by atoms with van der Waals surface area (Å²) in [4.78, 5) is 26.2. The maximum absolute atomic E-state index is 12.1. The molecule has 0 saturated carbocycles. The molecule has 3 aromatic rings. The normalized spacial score (nSPS) is 19.1. The molecule has 2 unspecified atom stereocenters. The summed E-state index contributed by atoms with van der Waals surface area (Å²) in [5.41, 5.74) is 9.80. The molecule has 0 spiro atoms. The lowest BCUT2D eigenvalue weighted by Gasteiger charge is -2.40. The molecule has 0 bridgehead atoms. The number of nitrogens with zero attached hydrogens (tertiary/aromatic N) is 1. The number of anilines is 1. The van der Waals surface area contributed by atoms with Gasteiger partial charge in [-0.05, 0) is 49.1 Å². The van der Waals surface area contributed by atoms with Gasteiger partial charge in [0.25, 0.3) is 0 Å². The minimum Gasteiger partial charge on any atom is -0.423 e. The Hall–Kier alpha value is -3.08. The number of benzene rings is 2. The zero-order chi connectivity index (χ0) is 19.1. The number of fused-ring (bicyclic) bond motifs is 2. The zero-order valence-electron chi connectivity index (χ0n) is 15.4. The van der Waals surface area contributed by atoms with Gasteiger partial charge in [-0.1, -0.05) is 30.3 Å². The second kappa shape index (κ2) is 6.58. The number of nitrogens with two attached hydrogens (primary N) is 1. The number of aryl methyl sites for hydroxylation is 1. The number of carbonyl (C=O) groups is 1. The van der Waals surface area contributed by atoms with Crippen LogP contribution in [0.4, 0.5) is 5.69 Å². The van der Waals surface area contributed by atoms with Gasteiger partial charge in [0.05, 0.1) is 5.92 Å². The fourth-order valence-corrected chi connectivity index (χ4v) is 4.04. The van der Waals surface area contributed by atoms with Gasteiger partial charge in [-0.2, -0.15) is 0 Å². The third kappa shape index (κ3) is 3.10. The molecule has 1 aliphatic heterocycles. The topological polar surface area (TPSA) is 76.5 Å². The first-order chi connectivity index (χ1) is 12.9. The lowest BCUT2D eigenvalue weighted by molar-refractivity contribution is -0.119. The number of amides is 1. The van der Waals surface area contributed by atoms with Crippen LogP contribution in [0.5, 0.6) is 0 Å². The van der Waals surface area contributed by atoms with Crippen molar-refractivity contribution < 1.29 is 9.21 Å². The van der Waals surface area contributed by atoms with Crippen LogP contribution in [0.3, 0.4) is 0 Å². The second-order valence-corrected chi connectivity index (χ2v) is 7.32. The van der Waals surface area contributed by atoms with Crippen LogP contribution in [0.2, 0.25) is 0 Å². The molecule has 0 fully saturated rings. The van der Waals surface area contributed by atoms with E-state index in [0.29, 0.717) is 18.5 Å². The van der Waals surface area contributed by atoms with Crippen molar-refractivity contribution in [2.45, 2.75) is 38.8 Å². The summed E-state index contributed by atoms with van der Waals surface area (Å²) in [6.07, 6.45) is 0.658. The molecular weight excluding hydrogens is 340 g/mol. The molecule has 1 aromatic heterocycles. The van der Waals surface area contributed by atoms with Crippen LogP contribution in [-0.2, 0) is 11.3 Å². The third-order valence-electron chi connectivity index (χ3n) is 5.40. The molecule has 27 heavy (non-hydrogen) atoms. The largest absolute Gasteiger partial charge is 0.423 e. The number of para-hydroxylation sites is 1. The smallest absolute Gasteiger partial charge is 0.336 e. The molecule has 5 nitrogen and oxygen atoms in total. The predicted molar refractivity (Wildman–Crippen MR) is 106 cm³/mol. The van der Waals surface area contributed by atoms with Crippen LogP contribution >= 0.6 is 0 Å². The highest BCUT2D eigenvalue weighted by Crippen LogP contribution is 2.39. The molecule has 0 saturated heterocycles. The molecule has 1 amide bonds. The van der Waals surface area contributed by atoms with Crippen molar-refractivity contribution in [2.75, 3.05) is 4.90 Å². The molecular formula is C22H22N2O3. The van der Waals surface area contributed by atoms with Crippen molar-refractivity contribution in [3.63, 3.8) is 0 Å². The quantitative estimate of drug-likeness (QED) is 0.724. The fourth-order valence-electron chi connectivity index (χ4n) is 4.04. The van der Waals surface area contributed by atoms with E-state index in [1.807, 2.05) is 49.4 Å². The van der Waals surface area contributed by atoms with Crippen molar-refractivity contribution in [1.29, 1.82) is 0 Å². The Kier molecular flexibility index (Phi) is 4.22. The molecule has 2 aromatic carbocycles. The van der Waals surface area contributed by atoms with Crippen LogP contribution in [0.1, 0.15) is 36.0 Å². The van der Waals surface area contributed by atoms with Crippen molar-refractivity contribution >= 4 is 22.6 Å². The number of hydrogen-bond acceptors (Lipinski definition) is 4. The molecule has 1 aliphatic rings. The van der Waals surface area contributed by atoms with E-state index >= 15 is 0 Å². The maximum atomic E-state index is 12.1. The molecule has 2 atom stereocenters. The van der Waals surface area contributed by atoms with Crippen molar-refractivity contribution in [1.82, 2.24) is 0 Å². The van der Waals surface area contributed by atoms with Gasteiger partial charge < -0.3 is 15.1 Å². The van der Waals surface area contributed by atoms with Gasteiger partial charge in [0, 0.05) is 29.7 Å². The summed E-state index contributed by atoms with van der Waals surface area (Å²) >= 11 is 0. The Morgan fingerprint density at radius 2 is 2.00 bits per heavy atom. The Morgan fingerprint density at radius 1 is 1.22 bits per heavy atom. The maximum Gasteiger partial charge on any atom is 0.336 e. The summed E-state index contributed by atoms with van der Waals surface area (Å²) in [5.74, 6) is -0.581. The minimum atomic E-state index is -0.351. The van der Waals surface area contributed by atoms with E-state index in [1.165, 1.54) is 0 Å². The summed E-state index contributed by atoms with van der Waals surface area (Å²) in [5, 5.41) is 0.932. The number of hydrogen-bond donors (Lipinski definition) is 1. The Labute approximate surface area is 157 Å². The van der Waals surface area contributed by atoms with Crippen LogP contribution in [0.25, 0.3) is 11.0 Å². The lowest BCUT2D eigenvalue weighted by atomic mass is 9.85. The molecule has 0 aliphatic carbocycles. The predicted octanol–water partition coefficient (Wildman–Crippen LogP) is 3.47. The van der Waals surface area contributed by atoms with Crippen molar-refractivity contribution in [2.24, 2.45) is 5.73 Å². The second-order valence-electron chi connectivity index (χ2n) is 7.32. The minimum absolute atomic E-state index is 0.116. The van der Waals surface area contributed by atoms with Gasteiger partial charge in [-0.15, -0.1) is 0 Å². The lowest BCUT2D eigenvalue weighted by Crippen LogP contribution is -2.41. The van der Waals surface area contributed by atoms with Crippen LogP contribution < -0.4 is 16.3 Å². The number of primary amides is 1. The molecule has 138 valence electrons. The monoisotopic (exact) mass is 362 g/mol. The summed E-state index contributed by atoms with van der Waals surface area (Å²) in [6.45, 7) is 4.62. The standard InChI is InChI=1S/C22H22N2O3/c1-13-7-8-16-15(11-21(25)27-20(16)9-13)12-24-14(2)10-18(22(23)26)17-5-3-4-6-19(17)24/h3-9,11,14,18H,10,12H2,1-2H3,(H2,23,26). The molecule has 0 radical (unpaired) electrons. The summed E-state index contributed by atoms with van der Waals surface area (Å²) in [7, 11) is 0. The number of rotatable bonds is 3. The summed E-state index contributed by atoms with van der Waals surface area (Å²) < 4.78 is 5.38. The Bertz CT molecular complexity index is 1090. The van der Waals surface area contributed by atoms with Gasteiger partial charge in [0.1, 0.15) is 5.58 Å². The van der Waals surface area contributed by atoms with E-state index in [9.17, 15) is 9.59 Å². The van der Waals surface area contributed by atoms with E-state index in [0.717, 1.165) is 27.8 Å². The van der Waals surface area contributed by atoms with E-state index < -0.39 is 0 Å². The summed E-state index contributed by atoms with van der Waals surface area (Å²) in [6, 6.07) is 15.4. The van der Waals surface area contributed by atoms with Gasteiger partial charge in [0.2, 0.25) is 5.91 Å². The Morgan fingerprint density at radius 3 is 2.78 bits per heavy atom.